The number of nitrogen functional groups attached to an aromatic ring is 1. The van der Waals surface area contributed by atoms with Gasteiger partial charge in [0.2, 0.25) is 0 Å². The molecule has 1 aliphatic rings. The summed E-state index contributed by atoms with van der Waals surface area (Å²) in [5.74, 6) is 0.0895. The molecule has 29 heavy (non-hydrogen) atoms. The molecule has 1 aromatic carbocycles. The van der Waals surface area contributed by atoms with E-state index in [-0.39, 0.29) is 17.9 Å². The normalized spacial score (nSPS) is 16.7. The smallest absolute Gasteiger partial charge is 0.272 e. The van der Waals surface area contributed by atoms with Crippen LogP contribution in [0.1, 0.15) is 27.8 Å². The fourth-order valence-electron chi connectivity index (χ4n) is 3.65. The molecule has 1 saturated heterocycles. The fourth-order valence-corrected chi connectivity index (χ4v) is 3.65. The van der Waals surface area contributed by atoms with Gasteiger partial charge in [-0.05, 0) is 30.7 Å². The Morgan fingerprint density at radius 1 is 1.10 bits per heavy atom. The summed E-state index contributed by atoms with van der Waals surface area (Å²) in [4.78, 5) is 33.7. The maximum atomic E-state index is 13.2. The van der Waals surface area contributed by atoms with E-state index in [1.54, 1.807) is 40.4 Å². The lowest BCUT2D eigenvalue weighted by Gasteiger charge is -2.40. The van der Waals surface area contributed by atoms with Crippen LogP contribution < -0.4 is 5.73 Å². The zero-order valence-corrected chi connectivity index (χ0v) is 16.1. The number of amides is 2. The molecule has 0 aliphatic carbocycles. The van der Waals surface area contributed by atoms with Gasteiger partial charge in [-0.3, -0.25) is 14.7 Å². The maximum Gasteiger partial charge on any atom is 0.272 e. The van der Waals surface area contributed by atoms with Gasteiger partial charge in [-0.2, -0.15) is 5.10 Å². The lowest BCUT2D eigenvalue weighted by atomic mass is 10.0. The van der Waals surface area contributed by atoms with E-state index in [0.717, 1.165) is 11.1 Å². The van der Waals surface area contributed by atoms with Gasteiger partial charge in [0.15, 0.2) is 0 Å². The molecule has 0 saturated carbocycles. The van der Waals surface area contributed by atoms with Gasteiger partial charge >= 0.3 is 0 Å². The number of rotatable bonds is 3. The highest BCUT2D eigenvalue weighted by molar-refractivity contribution is 6.01. The Balaban J connectivity index is 1.51. The van der Waals surface area contributed by atoms with Crippen LogP contribution in [0.5, 0.6) is 0 Å². The molecule has 3 aromatic rings. The van der Waals surface area contributed by atoms with Gasteiger partial charge in [-0.1, -0.05) is 24.3 Å². The van der Waals surface area contributed by atoms with Crippen molar-refractivity contribution in [3.8, 4) is 11.1 Å². The Bertz CT molecular complexity index is 1030. The fraction of sp³-hybridized carbons (Fsp3) is 0.238. The van der Waals surface area contributed by atoms with Crippen LogP contribution >= 0.6 is 0 Å². The number of piperazine rings is 1. The Morgan fingerprint density at radius 2 is 1.93 bits per heavy atom. The van der Waals surface area contributed by atoms with E-state index in [1.165, 1.54) is 0 Å². The quantitative estimate of drug-likeness (QED) is 0.711. The number of nitrogens with two attached hydrogens (primary N) is 1. The van der Waals surface area contributed by atoms with Gasteiger partial charge in [-0.25, -0.2) is 4.98 Å². The van der Waals surface area contributed by atoms with Crippen LogP contribution in [0.2, 0.25) is 0 Å². The number of nitrogens with one attached hydrogen (secondary N) is 1. The number of nitrogens with zero attached hydrogens (tertiary/aromatic N) is 4. The summed E-state index contributed by atoms with van der Waals surface area (Å²) < 4.78 is 0. The first-order valence-electron chi connectivity index (χ1n) is 9.45. The van der Waals surface area contributed by atoms with Crippen molar-refractivity contribution in [3.63, 3.8) is 0 Å². The third-order valence-electron chi connectivity index (χ3n) is 5.13. The molecular formula is C21H22N6O2. The van der Waals surface area contributed by atoms with Gasteiger partial charge in [0.25, 0.3) is 11.8 Å². The van der Waals surface area contributed by atoms with Gasteiger partial charge < -0.3 is 15.5 Å². The first-order valence-corrected chi connectivity index (χ1v) is 9.45. The van der Waals surface area contributed by atoms with E-state index >= 15 is 0 Å². The lowest BCUT2D eigenvalue weighted by molar-refractivity contribution is 0.0411. The molecule has 2 aromatic heterocycles. The van der Waals surface area contributed by atoms with Crippen molar-refractivity contribution in [2.45, 2.75) is 13.0 Å². The number of pyridine rings is 1. The highest BCUT2D eigenvalue weighted by atomic mass is 16.2. The standard InChI is InChI=1S/C21H22N6O2/c1-14-13-26(9-10-27(14)21(29)18-7-4-8-19(22)25-18)20(28)17-6-3-2-5-16(17)15-11-23-24-12-15/h2-8,11-12,14H,9-10,13H2,1H3,(H2,22,25)(H,23,24)/t14-/m1/s1. The van der Waals surface area contributed by atoms with Crippen molar-refractivity contribution in [1.29, 1.82) is 0 Å². The number of hydrogen-bond acceptors (Lipinski definition) is 5. The second-order valence-electron chi connectivity index (χ2n) is 7.08. The largest absolute Gasteiger partial charge is 0.384 e. The number of carbonyl (C=O) groups excluding carboxylic acids is 2. The van der Waals surface area contributed by atoms with Crippen molar-refractivity contribution in [2.24, 2.45) is 0 Å². The average molecular weight is 390 g/mol. The van der Waals surface area contributed by atoms with E-state index in [9.17, 15) is 9.59 Å². The first-order chi connectivity index (χ1) is 14.0. The Labute approximate surface area is 168 Å². The van der Waals surface area contributed by atoms with Crippen molar-refractivity contribution in [2.75, 3.05) is 25.4 Å². The molecule has 8 heteroatoms. The average Bonchev–Trinajstić information content (AvgIpc) is 3.27. The van der Waals surface area contributed by atoms with Gasteiger partial charge in [0.1, 0.15) is 11.5 Å². The zero-order chi connectivity index (χ0) is 20.4. The molecule has 2 amide bonds. The summed E-state index contributed by atoms with van der Waals surface area (Å²) in [6.45, 7) is 3.28. The first kappa shape index (κ1) is 18.7. The third-order valence-corrected chi connectivity index (χ3v) is 5.13. The summed E-state index contributed by atoms with van der Waals surface area (Å²) in [6.07, 6.45) is 3.47. The number of hydrogen-bond donors (Lipinski definition) is 2. The molecule has 148 valence electrons. The zero-order valence-electron chi connectivity index (χ0n) is 16.1. The summed E-state index contributed by atoms with van der Waals surface area (Å²) >= 11 is 0. The van der Waals surface area contributed by atoms with Crippen molar-refractivity contribution in [3.05, 3.63) is 66.1 Å². The predicted octanol–water partition coefficient (Wildman–Crippen LogP) is 2.04. The number of aromatic nitrogens is 3. The molecular weight excluding hydrogens is 368 g/mol. The molecule has 1 fully saturated rings. The van der Waals surface area contributed by atoms with Gasteiger partial charge in [-0.15, -0.1) is 0 Å². The predicted molar refractivity (Wildman–Crippen MR) is 109 cm³/mol. The van der Waals surface area contributed by atoms with Crippen LogP contribution in [0.15, 0.2) is 54.9 Å². The second kappa shape index (κ2) is 7.75. The monoisotopic (exact) mass is 390 g/mol. The van der Waals surface area contributed by atoms with E-state index < -0.39 is 0 Å². The number of aromatic amines is 1. The molecule has 3 N–H and O–H groups in total. The van der Waals surface area contributed by atoms with Crippen molar-refractivity contribution < 1.29 is 9.59 Å². The minimum Gasteiger partial charge on any atom is -0.384 e. The van der Waals surface area contributed by atoms with E-state index in [2.05, 4.69) is 15.2 Å². The van der Waals surface area contributed by atoms with Crippen LogP contribution in [0.4, 0.5) is 5.82 Å². The van der Waals surface area contributed by atoms with Gasteiger partial charge in [0, 0.05) is 43.0 Å². The lowest BCUT2D eigenvalue weighted by Crippen LogP contribution is -2.55. The van der Waals surface area contributed by atoms with Crippen LogP contribution in [0.3, 0.4) is 0 Å². The number of H-pyrrole nitrogens is 1. The molecule has 8 nitrogen and oxygen atoms in total. The number of carbonyl (C=O) groups is 2. The second-order valence-corrected chi connectivity index (χ2v) is 7.08. The summed E-state index contributed by atoms with van der Waals surface area (Å²) in [5, 5.41) is 6.76. The third kappa shape index (κ3) is 3.69. The Kier molecular flexibility index (Phi) is 4.99. The molecule has 4 rings (SSSR count). The molecule has 3 heterocycles. The topological polar surface area (TPSA) is 108 Å². The minimum absolute atomic E-state index is 0.0529. The van der Waals surface area contributed by atoms with Crippen LogP contribution in [-0.4, -0.2) is 62.5 Å². The highest BCUT2D eigenvalue weighted by Gasteiger charge is 2.32. The van der Waals surface area contributed by atoms with Crippen LogP contribution in [0, 0.1) is 0 Å². The minimum atomic E-state index is -0.171. The Hall–Kier alpha value is -3.68. The number of anilines is 1. The molecule has 0 spiro atoms. The maximum absolute atomic E-state index is 13.2. The van der Waals surface area contributed by atoms with Crippen LogP contribution in [-0.2, 0) is 0 Å². The molecule has 0 bridgehead atoms. The molecule has 0 unspecified atom stereocenters. The molecule has 1 aliphatic heterocycles. The van der Waals surface area contributed by atoms with E-state index in [4.69, 9.17) is 5.73 Å². The van der Waals surface area contributed by atoms with Crippen molar-refractivity contribution >= 4 is 17.6 Å². The SMILES string of the molecule is C[C@@H]1CN(C(=O)c2ccccc2-c2cn[nH]c2)CCN1C(=O)c1cccc(N)n1. The molecule has 0 radical (unpaired) electrons. The van der Waals surface area contributed by atoms with E-state index in [1.807, 2.05) is 31.2 Å². The molecule has 1 atom stereocenters. The summed E-state index contributed by atoms with van der Waals surface area (Å²) in [5.41, 5.74) is 8.34. The van der Waals surface area contributed by atoms with Crippen molar-refractivity contribution in [1.82, 2.24) is 25.0 Å². The van der Waals surface area contributed by atoms with Crippen LogP contribution in [0.25, 0.3) is 11.1 Å². The number of benzene rings is 1. The summed E-state index contributed by atoms with van der Waals surface area (Å²) in [7, 11) is 0. The highest BCUT2D eigenvalue weighted by Crippen LogP contribution is 2.25. The van der Waals surface area contributed by atoms with Gasteiger partial charge in [0.05, 0.1) is 6.20 Å². The van der Waals surface area contributed by atoms with E-state index in [0.29, 0.717) is 36.7 Å². The summed E-state index contributed by atoms with van der Waals surface area (Å²) in [6, 6.07) is 12.4. The Morgan fingerprint density at radius 3 is 2.66 bits per heavy atom.